The van der Waals surface area contributed by atoms with E-state index in [0.717, 1.165) is 25.0 Å². The van der Waals surface area contributed by atoms with Crippen molar-refractivity contribution in [3.63, 3.8) is 0 Å². The number of carbonyl (C=O) groups excluding carboxylic acids is 1. The first kappa shape index (κ1) is 19.7. The highest BCUT2D eigenvalue weighted by Crippen LogP contribution is 2.28. The van der Waals surface area contributed by atoms with Gasteiger partial charge in [-0.15, -0.1) is 10.2 Å². The van der Waals surface area contributed by atoms with Gasteiger partial charge in [-0.05, 0) is 37.5 Å². The second-order valence-corrected chi connectivity index (χ2v) is 8.30. The lowest BCUT2D eigenvalue weighted by Crippen LogP contribution is -2.36. The molecule has 29 heavy (non-hydrogen) atoms. The summed E-state index contributed by atoms with van der Waals surface area (Å²) in [5, 5.41) is 12.0. The number of ether oxygens (including phenoxy) is 1. The smallest absolute Gasteiger partial charge is 0.233 e. The molecular weight excluding hydrogens is 388 g/mol. The molecule has 3 aromatic rings. The number of aromatic nitrogens is 3. The molecule has 1 saturated heterocycles. The molecule has 1 N–H and O–H groups in total. The van der Waals surface area contributed by atoms with Gasteiger partial charge in [0, 0.05) is 13.2 Å². The molecule has 0 spiro atoms. The number of hydrogen-bond donors (Lipinski definition) is 1. The minimum atomic E-state index is -0.306. The summed E-state index contributed by atoms with van der Waals surface area (Å²) in [7, 11) is 0. The number of nitrogens with zero attached hydrogens (tertiary/aromatic N) is 3. The van der Waals surface area contributed by atoms with Crippen LogP contribution in [0.25, 0.3) is 11.6 Å². The lowest BCUT2D eigenvalue weighted by Gasteiger charge is -2.15. The van der Waals surface area contributed by atoms with Crippen molar-refractivity contribution in [1.29, 1.82) is 0 Å². The Balaban J connectivity index is 1.49. The second kappa shape index (κ2) is 9.28. The van der Waals surface area contributed by atoms with E-state index >= 15 is 0 Å². The quantitative estimate of drug-likeness (QED) is 0.571. The van der Waals surface area contributed by atoms with Crippen molar-refractivity contribution in [3.05, 3.63) is 54.3 Å². The maximum atomic E-state index is 12.5. The zero-order valence-corrected chi connectivity index (χ0v) is 17.1. The van der Waals surface area contributed by atoms with Gasteiger partial charge >= 0.3 is 0 Å². The number of benzene rings is 1. The monoisotopic (exact) mass is 412 g/mol. The zero-order valence-electron chi connectivity index (χ0n) is 16.3. The highest BCUT2D eigenvalue weighted by molar-refractivity contribution is 8.00. The molecule has 8 heteroatoms. The third-order valence-corrected chi connectivity index (χ3v) is 5.90. The van der Waals surface area contributed by atoms with Gasteiger partial charge in [0.05, 0.1) is 24.2 Å². The van der Waals surface area contributed by atoms with Crippen LogP contribution in [0.3, 0.4) is 0 Å². The van der Waals surface area contributed by atoms with Crippen molar-refractivity contribution < 1.29 is 13.9 Å². The number of hydrogen-bond acceptors (Lipinski definition) is 6. The predicted octanol–water partition coefficient (Wildman–Crippen LogP) is 3.36. The number of thioether (sulfide) groups is 1. The van der Waals surface area contributed by atoms with Crippen LogP contribution in [-0.4, -0.2) is 45.2 Å². The molecule has 7 nitrogen and oxygen atoms in total. The number of amides is 1. The summed E-state index contributed by atoms with van der Waals surface area (Å²) in [5.41, 5.74) is 1.12. The highest BCUT2D eigenvalue weighted by Gasteiger charge is 2.23. The molecule has 2 atom stereocenters. The van der Waals surface area contributed by atoms with Crippen molar-refractivity contribution >= 4 is 17.7 Å². The minimum absolute atomic E-state index is 0.0284. The Labute approximate surface area is 173 Å². The Hall–Kier alpha value is -2.58. The zero-order chi connectivity index (χ0) is 20.1. The van der Waals surface area contributed by atoms with Crippen molar-refractivity contribution in [1.82, 2.24) is 20.1 Å². The van der Waals surface area contributed by atoms with E-state index in [2.05, 4.69) is 27.6 Å². The van der Waals surface area contributed by atoms with Crippen LogP contribution in [0.15, 0.2) is 58.3 Å². The summed E-state index contributed by atoms with van der Waals surface area (Å²) in [6.07, 6.45) is 3.80. The Morgan fingerprint density at radius 3 is 2.86 bits per heavy atom. The summed E-state index contributed by atoms with van der Waals surface area (Å²) in [5.74, 6) is 1.27. The first-order chi connectivity index (χ1) is 14.2. The Morgan fingerprint density at radius 2 is 2.14 bits per heavy atom. The SMILES string of the molecule is C[C@@H](Sc1nnc(-c2ccco2)n1Cc1ccccc1)C(=O)NC[C@H]1CCCO1. The van der Waals surface area contributed by atoms with Gasteiger partial charge < -0.3 is 14.5 Å². The molecule has 0 aliphatic carbocycles. The molecule has 152 valence electrons. The van der Waals surface area contributed by atoms with Gasteiger partial charge in [-0.2, -0.15) is 0 Å². The molecule has 1 aliphatic rings. The molecule has 2 aromatic heterocycles. The molecule has 0 saturated carbocycles. The Kier molecular flexibility index (Phi) is 6.31. The van der Waals surface area contributed by atoms with Crippen LogP contribution < -0.4 is 5.32 Å². The van der Waals surface area contributed by atoms with Crippen LogP contribution in [0, 0.1) is 0 Å². The number of furan rings is 1. The average Bonchev–Trinajstić information content (AvgIpc) is 3.50. The third kappa shape index (κ3) is 4.89. The van der Waals surface area contributed by atoms with Crippen LogP contribution in [0.1, 0.15) is 25.3 Å². The van der Waals surface area contributed by atoms with Gasteiger partial charge in [0.15, 0.2) is 10.9 Å². The van der Waals surface area contributed by atoms with Crippen molar-refractivity contribution in [3.8, 4) is 11.6 Å². The molecule has 0 radical (unpaired) electrons. The van der Waals surface area contributed by atoms with Gasteiger partial charge in [-0.3, -0.25) is 9.36 Å². The summed E-state index contributed by atoms with van der Waals surface area (Å²) in [4.78, 5) is 12.5. The molecule has 3 heterocycles. The fourth-order valence-corrected chi connectivity index (χ4v) is 4.12. The number of rotatable bonds is 8. The summed E-state index contributed by atoms with van der Waals surface area (Å²) < 4.78 is 13.1. The average molecular weight is 413 g/mol. The van der Waals surface area contributed by atoms with E-state index < -0.39 is 0 Å². The van der Waals surface area contributed by atoms with E-state index in [4.69, 9.17) is 9.15 Å². The van der Waals surface area contributed by atoms with Gasteiger partial charge in [-0.25, -0.2) is 0 Å². The number of nitrogens with one attached hydrogen (secondary N) is 1. The van der Waals surface area contributed by atoms with Crippen molar-refractivity contribution in [2.75, 3.05) is 13.2 Å². The molecule has 4 rings (SSSR count). The lowest BCUT2D eigenvalue weighted by atomic mass is 10.2. The van der Waals surface area contributed by atoms with E-state index in [1.165, 1.54) is 11.8 Å². The first-order valence-electron chi connectivity index (χ1n) is 9.77. The van der Waals surface area contributed by atoms with Crippen molar-refractivity contribution in [2.24, 2.45) is 0 Å². The van der Waals surface area contributed by atoms with E-state index in [9.17, 15) is 4.79 Å². The summed E-state index contributed by atoms with van der Waals surface area (Å²) in [6.45, 7) is 3.81. The van der Waals surface area contributed by atoms with Gasteiger partial charge in [0.25, 0.3) is 0 Å². The van der Waals surface area contributed by atoms with E-state index in [1.807, 2.05) is 41.8 Å². The van der Waals surface area contributed by atoms with Gasteiger partial charge in [0.1, 0.15) is 0 Å². The Morgan fingerprint density at radius 1 is 1.28 bits per heavy atom. The molecule has 1 aromatic carbocycles. The molecule has 1 fully saturated rings. The van der Waals surface area contributed by atoms with E-state index in [1.54, 1.807) is 6.26 Å². The van der Waals surface area contributed by atoms with Crippen molar-refractivity contribution in [2.45, 2.75) is 42.8 Å². The standard InChI is InChI=1S/C21H24N4O3S/c1-15(20(26)22-13-17-9-5-11-27-17)29-21-24-23-19(18-10-6-12-28-18)25(21)14-16-7-3-2-4-8-16/h2-4,6-8,10,12,15,17H,5,9,11,13-14H2,1H3,(H,22,26)/t15-,17-/m1/s1. The lowest BCUT2D eigenvalue weighted by molar-refractivity contribution is -0.120. The molecule has 1 amide bonds. The fraction of sp³-hybridized carbons (Fsp3) is 0.381. The third-order valence-electron chi connectivity index (χ3n) is 4.82. The van der Waals surface area contributed by atoms with Gasteiger partial charge in [-0.1, -0.05) is 42.1 Å². The summed E-state index contributed by atoms with van der Waals surface area (Å²) in [6, 6.07) is 13.8. The highest BCUT2D eigenvalue weighted by atomic mass is 32.2. The van der Waals surface area contributed by atoms with Crippen LogP contribution in [-0.2, 0) is 16.1 Å². The topological polar surface area (TPSA) is 82.2 Å². The van der Waals surface area contributed by atoms with Gasteiger partial charge in [0.2, 0.25) is 11.7 Å². The maximum absolute atomic E-state index is 12.5. The predicted molar refractivity (Wildman–Crippen MR) is 111 cm³/mol. The van der Waals surface area contributed by atoms with Crippen LogP contribution in [0.5, 0.6) is 0 Å². The normalized spacial score (nSPS) is 17.3. The first-order valence-corrected chi connectivity index (χ1v) is 10.7. The van der Waals surface area contributed by atoms with Crippen LogP contribution >= 0.6 is 11.8 Å². The number of carbonyl (C=O) groups is 1. The van der Waals surface area contributed by atoms with E-state index in [0.29, 0.717) is 29.8 Å². The molecule has 0 bridgehead atoms. The minimum Gasteiger partial charge on any atom is -0.461 e. The molecule has 1 aliphatic heterocycles. The Bertz CT molecular complexity index is 921. The molecular formula is C21H24N4O3S. The maximum Gasteiger partial charge on any atom is 0.233 e. The van der Waals surface area contributed by atoms with Crippen LogP contribution in [0.4, 0.5) is 0 Å². The molecule has 0 unspecified atom stereocenters. The largest absolute Gasteiger partial charge is 0.461 e. The second-order valence-electron chi connectivity index (χ2n) is 7.00. The van der Waals surface area contributed by atoms with E-state index in [-0.39, 0.29) is 17.3 Å². The van der Waals surface area contributed by atoms with Crippen LogP contribution in [0.2, 0.25) is 0 Å². The summed E-state index contributed by atoms with van der Waals surface area (Å²) >= 11 is 1.39. The fourth-order valence-electron chi connectivity index (χ4n) is 3.25.